The third-order valence-corrected chi connectivity index (χ3v) is 4.28. The Balaban J connectivity index is 2.12. The number of benzene rings is 2. The maximum Gasteiger partial charge on any atom is 0.134 e. The number of aryl methyl sites for hydroxylation is 2. The average molecular weight is 273 g/mol. The Labute approximate surface area is 119 Å². The van der Waals surface area contributed by atoms with Crippen LogP contribution in [0.5, 0.6) is 5.75 Å². The fourth-order valence-electron chi connectivity index (χ4n) is 1.86. The monoisotopic (exact) mass is 273 g/mol. The van der Waals surface area contributed by atoms with E-state index in [2.05, 4.69) is 32.0 Å². The molecule has 0 radical (unpaired) electrons. The second-order valence-corrected chi connectivity index (χ2v) is 5.63. The molecule has 0 amide bonds. The van der Waals surface area contributed by atoms with Crippen LogP contribution in [0.3, 0.4) is 0 Å². The minimum absolute atomic E-state index is 0.729. The van der Waals surface area contributed by atoms with E-state index in [1.54, 1.807) is 18.9 Å². The van der Waals surface area contributed by atoms with E-state index in [0.29, 0.717) is 0 Å². The van der Waals surface area contributed by atoms with Crippen molar-refractivity contribution in [1.29, 1.82) is 0 Å². The van der Waals surface area contributed by atoms with Gasteiger partial charge in [-0.2, -0.15) is 0 Å². The molecule has 0 heterocycles. The standard InChI is InChI=1S/C16H19NOS/c1-11-4-5-13(8-12(11)2)10-19-16-7-6-14(17)9-15(16)18-3/h4-9H,10,17H2,1-3H3. The lowest BCUT2D eigenvalue weighted by molar-refractivity contribution is 0.405. The molecule has 19 heavy (non-hydrogen) atoms. The van der Waals surface area contributed by atoms with Crippen LogP contribution in [0.4, 0.5) is 5.69 Å². The summed E-state index contributed by atoms with van der Waals surface area (Å²) >= 11 is 1.77. The topological polar surface area (TPSA) is 35.2 Å². The zero-order valence-electron chi connectivity index (χ0n) is 11.6. The van der Waals surface area contributed by atoms with Crippen molar-refractivity contribution in [3.63, 3.8) is 0 Å². The van der Waals surface area contributed by atoms with E-state index in [-0.39, 0.29) is 0 Å². The summed E-state index contributed by atoms with van der Waals surface area (Å²) < 4.78 is 5.36. The minimum atomic E-state index is 0.729. The predicted octanol–water partition coefficient (Wildman–Crippen LogP) is 4.19. The quantitative estimate of drug-likeness (QED) is 0.670. The van der Waals surface area contributed by atoms with Gasteiger partial charge in [0.2, 0.25) is 0 Å². The van der Waals surface area contributed by atoms with Gasteiger partial charge in [0.25, 0.3) is 0 Å². The second kappa shape index (κ2) is 6.02. The highest BCUT2D eigenvalue weighted by molar-refractivity contribution is 7.98. The van der Waals surface area contributed by atoms with Gasteiger partial charge in [-0.1, -0.05) is 18.2 Å². The van der Waals surface area contributed by atoms with E-state index in [4.69, 9.17) is 10.5 Å². The van der Waals surface area contributed by atoms with Crippen molar-refractivity contribution in [2.24, 2.45) is 0 Å². The molecule has 0 spiro atoms. The SMILES string of the molecule is COc1cc(N)ccc1SCc1ccc(C)c(C)c1. The van der Waals surface area contributed by atoms with E-state index in [1.807, 2.05) is 18.2 Å². The van der Waals surface area contributed by atoms with E-state index in [0.717, 1.165) is 22.1 Å². The van der Waals surface area contributed by atoms with Crippen LogP contribution in [-0.4, -0.2) is 7.11 Å². The number of nitrogens with two attached hydrogens (primary N) is 1. The summed E-state index contributed by atoms with van der Waals surface area (Å²) in [6, 6.07) is 12.4. The summed E-state index contributed by atoms with van der Waals surface area (Å²) in [6.07, 6.45) is 0. The number of rotatable bonds is 4. The Morgan fingerprint density at radius 3 is 2.53 bits per heavy atom. The first-order valence-corrected chi connectivity index (χ1v) is 7.21. The van der Waals surface area contributed by atoms with Crippen LogP contribution in [0.25, 0.3) is 0 Å². The zero-order chi connectivity index (χ0) is 13.8. The summed E-state index contributed by atoms with van der Waals surface area (Å²) in [6.45, 7) is 4.28. The Hall–Kier alpha value is -1.61. The van der Waals surface area contributed by atoms with E-state index in [9.17, 15) is 0 Å². The molecule has 100 valence electrons. The largest absolute Gasteiger partial charge is 0.496 e. The van der Waals surface area contributed by atoms with Gasteiger partial charge in [-0.25, -0.2) is 0 Å². The molecule has 0 fully saturated rings. The van der Waals surface area contributed by atoms with Crippen molar-refractivity contribution in [2.75, 3.05) is 12.8 Å². The van der Waals surface area contributed by atoms with Crippen molar-refractivity contribution in [3.8, 4) is 5.75 Å². The molecule has 3 heteroatoms. The molecule has 0 aliphatic carbocycles. The Morgan fingerprint density at radius 1 is 1.05 bits per heavy atom. The highest BCUT2D eigenvalue weighted by Crippen LogP contribution is 2.33. The highest BCUT2D eigenvalue weighted by Gasteiger charge is 2.05. The molecule has 0 atom stereocenters. The van der Waals surface area contributed by atoms with E-state index >= 15 is 0 Å². The number of hydrogen-bond donors (Lipinski definition) is 1. The van der Waals surface area contributed by atoms with Gasteiger partial charge in [0.05, 0.1) is 7.11 Å². The van der Waals surface area contributed by atoms with Gasteiger partial charge in [-0.15, -0.1) is 11.8 Å². The molecule has 0 unspecified atom stereocenters. The molecular formula is C16H19NOS. The zero-order valence-corrected chi connectivity index (χ0v) is 12.4. The summed E-state index contributed by atoms with van der Waals surface area (Å²) in [5, 5.41) is 0. The molecule has 2 nitrogen and oxygen atoms in total. The Kier molecular flexibility index (Phi) is 4.38. The normalized spacial score (nSPS) is 10.5. The maximum atomic E-state index is 5.76. The number of hydrogen-bond acceptors (Lipinski definition) is 3. The molecular weight excluding hydrogens is 254 g/mol. The molecule has 2 aromatic carbocycles. The lowest BCUT2D eigenvalue weighted by Crippen LogP contribution is -1.91. The minimum Gasteiger partial charge on any atom is -0.496 e. The van der Waals surface area contributed by atoms with Crippen LogP contribution < -0.4 is 10.5 Å². The van der Waals surface area contributed by atoms with E-state index in [1.165, 1.54) is 16.7 Å². The van der Waals surface area contributed by atoms with E-state index < -0.39 is 0 Å². The Morgan fingerprint density at radius 2 is 1.84 bits per heavy atom. The smallest absolute Gasteiger partial charge is 0.134 e. The molecule has 0 bridgehead atoms. The van der Waals surface area contributed by atoms with Crippen LogP contribution >= 0.6 is 11.8 Å². The van der Waals surface area contributed by atoms with Crippen LogP contribution in [0.15, 0.2) is 41.3 Å². The molecule has 0 aliphatic heterocycles. The summed E-state index contributed by atoms with van der Waals surface area (Å²) in [5.74, 6) is 1.77. The van der Waals surface area contributed by atoms with Gasteiger partial charge in [0, 0.05) is 22.4 Å². The molecule has 0 aliphatic rings. The molecule has 0 saturated carbocycles. The molecule has 2 aromatic rings. The third kappa shape index (κ3) is 3.44. The van der Waals surface area contributed by atoms with Gasteiger partial charge in [0.15, 0.2) is 0 Å². The molecule has 2 N–H and O–H groups in total. The first kappa shape index (κ1) is 13.8. The van der Waals surface area contributed by atoms with Crippen LogP contribution in [-0.2, 0) is 5.75 Å². The van der Waals surface area contributed by atoms with Gasteiger partial charge in [-0.3, -0.25) is 0 Å². The van der Waals surface area contributed by atoms with Crippen molar-refractivity contribution in [1.82, 2.24) is 0 Å². The predicted molar refractivity (Wildman–Crippen MR) is 82.9 cm³/mol. The van der Waals surface area contributed by atoms with Crippen molar-refractivity contribution < 1.29 is 4.74 Å². The lowest BCUT2D eigenvalue weighted by Gasteiger charge is -2.09. The van der Waals surface area contributed by atoms with Gasteiger partial charge in [0.1, 0.15) is 5.75 Å². The first-order valence-electron chi connectivity index (χ1n) is 6.22. The van der Waals surface area contributed by atoms with Crippen LogP contribution in [0.1, 0.15) is 16.7 Å². The number of methoxy groups -OCH3 is 1. The summed E-state index contributed by atoms with van der Waals surface area (Å²) in [4.78, 5) is 1.12. The molecule has 2 rings (SSSR count). The number of thioether (sulfide) groups is 1. The van der Waals surface area contributed by atoms with Crippen LogP contribution in [0.2, 0.25) is 0 Å². The summed E-state index contributed by atoms with van der Waals surface area (Å²) in [5.41, 5.74) is 10.5. The Bertz CT molecular complexity index is 581. The van der Waals surface area contributed by atoms with Gasteiger partial charge < -0.3 is 10.5 Å². The number of anilines is 1. The first-order chi connectivity index (χ1) is 9.10. The average Bonchev–Trinajstić information content (AvgIpc) is 2.41. The number of ether oxygens (including phenoxy) is 1. The van der Waals surface area contributed by atoms with Gasteiger partial charge in [-0.05, 0) is 42.7 Å². The fraction of sp³-hybridized carbons (Fsp3) is 0.250. The van der Waals surface area contributed by atoms with Gasteiger partial charge >= 0.3 is 0 Å². The van der Waals surface area contributed by atoms with Crippen molar-refractivity contribution in [2.45, 2.75) is 24.5 Å². The van der Waals surface area contributed by atoms with Crippen molar-refractivity contribution in [3.05, 3.63) is 53.1 Å². The van der Waals surface area contributed by atoms with Crippen LogP contribution in [0, 0.1) is 13.8 Å². The fourth-order valence-corrected chi connectivity index (χ4v) is 2.81. The number of nitrogen functional groups attached to an aromatic ring is 1. The maximum absolute atomic E-state index is 5.76. The molecule has 0 saturated heterocycles. The lowest BCUT2D eigenvalue weighted by atomic mass is 10.1. The third-order valence-electron chi connectivity index (χ3n) is 3.15. The highest BCUT2D eigenvalue weighted by atomic mass is 32.2. The molecule has 0 aromatic heterocycles. The van der Waals surface area contributed by atoms with Crippen molar-refractivity contribution >= 4 is 17.4 Å². The second-order valence-electron chi connectivity index (χ2n) is 4.62. The summed E-state index contributed by atoms with van der Waals surface area (Å²) in [7, 11) is 1.68.